The van der Waals surface area contributed by atoms with Crippen LogP contribution in [0.2, 0.25) is 0 Å². The van der Waals surface area contributed by atoms with Crippen LogP contribution < -0.4 is 5.32 Å². The molecule has 1 saturated carbocycles. The van der Waals surface area contributed by atoms with Gasteiger partial charge in [-0.2, -0.15) is 20.1 Å². The summed E-state index contributed by atoms with van der Waals surface area (Å²) in [7, 11) is -3.71. The Labute approximate surface area is 171 Å². The Balaban J connectivity index is 1.93. The van der Waals surface area contributed by atoms with Crippen LogP contribution in [0, 0.1) is 44.8 Å². The van der Waals surface area contributed by atoms with Crippen LogP contribution >= 0.6 is 0 Å². The number of sulfonamides is 1. The molecule has 0 aromatic heterocycles. The fourth-order valence-electron chi connectivity index (χ4n) is 4.99. The molecule has 3 rings (SSSR count). The van der Waals surface area contributed by atoms with Crippen molar-refractivity contribution in [3.8, 4) is 18.2 Å². The lowest BCUT2D eigenvalue weighted by Crippen LogP contribution is -2.37. The number of nitriles is 3. The molecule has 1 aromatic carbocycles. The zero-order valence-corrected chi connectivity index (χ0v) is 17.5. The standard InChI is InChI=1S/C21H23N5O2S/c1-20(2)8-17-9-21(3,13-20)14-26(17)29(27,28)18-6-4-5-16(7-18)25-19(12-24)15(10-22)11-23/h4-7,17,25H,8-9,13-14H2,1-3H3. The summed E-state index contributed by atoms with van der Waals surface area (Å²) in [5.74, 6) is 0. The molecular weight excluding hydrogens is 386 g/mol. The predicted octanol–water partition coefficient (Wildman–Crippen LogP) is 3.51. The second-order valence-electron chi connectivity index (χ2n) is 9.00. The monoisotopic (exact) mass is 409 g/mol. The molecular formula is C21H23N5O2S. The lowest BCUT2D eigenvalue weighted by Gasteiger charge is -2.39. The molecule has 2 bridgehead atoms. The maximum absolute atomic E-state index is 13.4. The smallest absolute Gasteiger partial charge is 0.243 e. The van der Waals surface area contributed by atoms with Gasteiger partial charge in [0.05, 0.1) is 4.90 Å². The van der Waals surface area contributed by atoms with Gasteiger partial charge < -0.3 is 5.32 Å². The molecule has 29 heavy (non-hydrogen) atoms. The maximum atomic E-state index is 13.4. The Kier molecular flexibility index (Phi) is 5.17. The SMILES string of the molecule is CC1(C)CC2CC(C)(CN2S(=O)(=O)c2cccc(NC(C#N)=C(C#N)C#N)c2)C1. The van der Waals surface area contributed by atoms with Crippen molar-refractivity contribution in [2.75, 3.05) is 11.9 Å². The first-order valence-electron chi connectivity index (χ1n) is 9.37. The molecule has 150 valence electrons. The van der Waals surface area contributed by atoms with Gasteiger partial charge in [0.2, 0.25) is 10.0 Å². The van der Waals surface area contributed by atoms with Gasteiger partial charge in [-0.15, -0.1) is 0 Å². The Morgan fingerprint density at radius 1 is 1.14 bits per heavy atom. The number of fused-ring (bicyclic) bond motifs is 2. The summed E-state index contributed by atoms with van der Waals surface area (Å²) in [6.45, 7) is 7.03. The minimum Gasteiger partial charge on any atom is -0.345 e. The van der Waals surface area contributed by atoms with Crippen LogP contribution in [-0.4, -0.2) is 25.3 Å². The van der Waals surface area contributed by atoms with E-state index in [4.69, 9.17) is 10.5 Å². The molecule has 2 atom stereocenters. The molecule has 2 fully saturated rings. The predicted molar refractivity (Wildman–Crippen MR) is 107 cm³/mol. The van der Waals surface area contributed by atoms with Crippen LogP contribution in [0.3, 0.4) is 0 Å². The minimum atomic E-state index is -3.71. The van der Waals surface area contributed by atoms with Crippen molar-refractivity contribution >= 4 is 15.7 Å². The fourth-order valence-corrected chi connectivity index (χ4v) is 6.81. The lowest BCUT2D eigenvalue weighted by atomic mass is 9.65. The Morgan fingerprint density at radius 3 is 2.45 bits per heavy atom. The summed E-state index contributed by atoms with van der Waals surface area (Å²) in [6.07, 6.45) is 2.68. The Hall–Kier alpha value is -2.86. The van der Waals surface area contributed by atoms with Gasteiger partial charge in [0.15, 0.2) is 5.57 Å². The zero-order chi connectivity index (χ0) is 21.4. The number of nitrogens with one attached hydrogen (secondary N) is 1. The third kappa shape index (κ3) is 3.98. The summed E-state index contributed by atoms with van der Waals surface area (Å²) < 4.78 is 28.4. The first-order chi connectivity index (χ1) is 13.5. The van der Waals surface area contributed by atoms with Crippen LogP contribution in [0.4, 0.5) is 5.69 Å². The molecule has 0 spiro atoms. The molecule has 1 saturated heterocycles. The molecule has 2 unspecified atom stereocenters. The van der Waals surface area contributed by atoms with Gasteiger partial charge in [-0.25, -0.2) is 8.42 Å². The van der Waals surface area contributed by atoms with Crippen molar-refractivity contribution < 1.29 is 8.42 Å². The zero-order valence-electron chi connectivity index (χ0n) is 16.7. The molecule has 1 aliphatic heterocycles. The van der Waals surface area contributed by atoms with Crippen molar-refractivity contribution in [3.05, 3.63) is 35.5 Å². The number of hydrogen-bond donors (Lipinski definition) is 1. The van der Waals surface area contributed by atoms with Crippen molar-refractivity contribution in [1.82, 2.24) is 4.31 Å². The number of hydrogen-bond acceptors (Lipinski definition) is 6. The van der Waals surface area contributed by atoms with Crippen LogP contribution in [0.5, 0.6) is 0 Å². The van der Waals surface area contributed by atoms with Gasteiger partial charge in [0.25, 0.3) is 0 Å². The minimum absolute atomic E-state index is 0.0243. The van der Waals surface area contributed by atoms with E-state index in [1.165, 1.54) is 12.1 Å². The normalized spacial score (nSPS) is 25.3. The summed E-state index contributed by atoms with van der Waals surface area (Å²) in [5, 5.41) is 29.8. The molecule has 8 heteroatoms. The van der Waals surface area contributed by atoms with Gasteiger partial charge in [-0.3, -0.25) is 0 Å². The second-order valence-corrected chi connectivity index (χ2v) is 10.9. The largest absolute Gasteiger partial charge is 0.345 e. The van der Waals surface area contributed by atoms with E-state index in [0.29, 0.717) is 12.2 Å². The third-order valence-electron chi connectivity index (χ3n) is 5.66. The first-order valence-corrected chi connectivity index (χ1v) is 10.8. The van der Waals surface area contributed by atoms with Gasteiger partial charge in [-0.05, 0) is 48.3 Å². The summed E-state index contributed by atoms with van der Waals surface area (Å²) in [5.41, 5.74) is -0.164. The van der Waals surface area contributed by atoms with Crippen LogP contribution in [0.25, 0.3) is 0 Å². The highest BCUT2D eigenvalue weighted by Crippen LogP contribution is 2.53. The van der Waals surface area contributed by atoms with E-state index in [-0.39, 0.29) is 33.0 Å². The molecule has 0 amide bonds. The number of benzene rings is 1. The van der Waals surface area contributed by atoms with E-state index < -0.39 is 10.0 Å². The molecule has 7 nitrogen and oxygen atoms in total. The van der Waals surface area contributed by atoms with Crippen molar-refractivity contribution in [1.29, 1.82) is 15.8 Å². The molecule has 1 N–H and O–H groups in total. The second kappa shape index (κ2) is 7.19. The van der Waals surface area contributed by atoms with Crippen molar-refractivity contribution in [2.24, 2.45) is 10.8 Å². The summed E-state index contributed by atoms with van der Waals surface area (Å²) in [4.78, 5) is 0.129. The van der Waals surface area contributed by atoms with Crippen LogP contribution in [0.15, 0.2) is 40.4 Å². The number of anilines is 1. The van der Waals surface area contributed by atoms with E-state index in [1.54, 1.807) is 34.6 Å². The van der Waals surface area contributed by atoms with E-state index in [2.05, 4.69) is 26.1 Å². The van der Waals surface area contributed by atoms with E-state index >= 15 is 0 Å². The Morgan fingerprint density at radius 2 is 1.83 bits per heavy atom. The van der Waals surface area contributed by atoms with Crippen molar-refractivity contribution in [3.63, 3.8) is 0 Å². The highest BCUT2D eigenvalue weighted by Gasteiger charge is 2.53. The highest BCUT2D eigenvalue weighted by atomic mass is 32.2. The van der Waals surface area contributed by atoms with E-state index in [0.717, 1.165) is 19.3 Å². The number of rotatable bonds is 4. The van der Waals surface area contributed by atoms with Gasteiger partial charge in [-0.1, -0.05) is 26.8 Å². The quantitative estimate of drug-likeness (QED) is 0.760. The lowest BCUT2D eigenvalue weighted by molar-refractivity contribution is 0.133. The van der Waals surface area contributed by atoms with Crippen LogP contribution in [0.1, 0.15) is 40.0 Å². The maximum Gasteiger partial charge on any atom is 0.243 e. The fraction of sp³-hybridized carbons (Fsp3) is 0.476. The van der Waals surface area contributed by atoms with E-state index in [9.17, 15) is 13.7 Å². The molecule has 2 aliphatic rings. The highest BCUT2D eigenvalue weighted by molar-refractivity contribution is 7.89. The molecule has 1 aliphatic carbocycles. The average molecular weight is 410 g/mol. The van der Waals surface area contributed by atoms with Gasteiger partial charge >= 0.3 is 0 Å². The number of nitrogens with zero attached hydrogens (tertiary/aromatic N) is 4. The average Bonchev–Trinajstić information content (AvgIpc) is 2.91. The van der Waals surface area contributed by atoms with Gasteiger partial charge in [0, 0.05) is 18.3 Å². The Bertz CT molecular complexity index is 1090. The molecule has 1 aromatic rings. The topological polar surface area (TPSA) is 121 Å². The molecule has 1 heterocycles. The number of allylic oxidation sites excluding steroid dienone is 2. The van der Waals surface area contributed by atoms with Crippen molar-refractivity contribution in [2.45, 2.75) is 51.0 Å². The summed E-state index contributed by atoms with van der Waals surface area (Å²) >= 11 is 0. The van der Waals surface area contributed by atoms with E-state index in [1.807, 2.05) is 0 Å². The molecule has 0 radical (unpaired) electrons. The first kappa shape index (κ1) is 20.9. The summed E-state index contributed by atoms with van der Waals surface area (Å²) in [6, 6.07) is 11.2. The van der Waals surface area contributed by atoms with Crippen LogP contribution in [-0.2, 0) is 10.0 Å². The third-order valence-corrected chi connectivity index (χ3v) is 7.56. The van der Waals surface area contributed by atoms with Gasteiger partial charge in [0.1, 0.15) is 23.9 Å².